The molecule has 0 unspecified atom stereocenters. The first kappa shape index (κ1) is 16.0. The van der Waals surface area contributed by atoms with Crippen molar-refractivity contribution in [2.75, 3.05) is 20.3 Å². The van der Waals surface area contributed by atoms with Crippen LogP contribution in [0.1, 0.15) is 19.8 Å². The number of carboxylic acids is 1. The number of hydrogen-bond donors (Lipinski definition) is 3. The highest BCUT2D eigenvalue weighted by molar-refractivity contribution is 5.79. The van der Waals surface area contributed by atoms with Gasteiger partial charge in [-0.1, -0.05) is 0 Å². The normalized spacial score (nSPS) is 11.2. The molecule has 104 valence electrons. The van der Waals surface area contributed by atoms with Crippen LogP contribution in [0.25, 0.3) is 0 Å². The minimum Gasteiger partial charge on any atom is -0.480 e. The minimum absolute atomic E-state index is 0.177. The lowest BCUT2D eigenvalue weighted by Crippen LogP contribution is -2.41. The quantitative estimate of drug-likeness (QED) is 0.569. The Morgan fingerprint density at radius 1 is 1.28 bits per heavy atom. The maximum atomic E-state index is 10.9. The third-order valence-electron chi connectivity index (χ3n) is 1.99. The van der Waals surface area contributed by atoms with Gasteiger partial charge in [-0.3, -0.25) is 0 Å². The van der Waals surface area contributed by atoms with E-state index >= 15 is 0 Å². The van der Waals surface area contributed by atoms with Crippen molar-refractivity contribution in [1.29, 1.82) is 0 Å². The second-order valence-electron chi connectivity index (χ2n) is 3.32. The van der Waals surface area contributed by atoms with Gasteiger partial charge in [0.1, 0.15) is 6.04 Å². The van der Waals surface area contributed by atoms with Crippen LogP contribution in [0.2, 0.25) is 0 Å². The van der Waals surface area contributed by atoms with Gasteiger partial charge >= 0.3 is 18.2 Å². The lowest BCUT2D eigenvalue weighted by molar-refractivity contribution is -0.139. The van der Waals surface area contributed by atoms with Gasteiger partial charge in [-0.2, -0.15) is 0 Å². The third kappa shape index (κ3) is 7.31. The molecule has 1 atom stereocenters. The fourth-order valence-electron chi connectivity index (χ4n) is 1.14. The summed E-state index contributed by atoms with van der Waals surface area (Å²) >= 11 is 0. The third-order valence-corrected chi connectivity index (χ3v) is 1.99. The van der Waals surface area contributed by atoms with Crippen molar-refractivity contribution in [3.63, 3.8) is 0 Å². The minimum atomic E-state index is -1.16. The number of aliphatic carboxylic acids is 1. The maximum Gasteiger partial charge on any atom is 0.407 e. The van der Waals surface area contributed by atoms with Crippen LogP contribution in [0, 0.1) is 0 Å². The average molecular weight is 262 g/mol. The SMILES string of the molecule is CCOC(=O)NCCC[C@H](NC(=O)OC)C(=O)O. The van der Waals surface area contributed by atoms with Gasteiger partial charge in [0.25, 0.3) is 0 Å². The zero-order valence-electron chi connectivity index (χ0n) is 10.4. The Kier molecular flexibility index (Phi) is 8.08. The van der Waals surface area contributed by atoms with Gasteiger partial charge in [0.15, 0.2) is 0 Å². The maximum absolute atomic E-state index is 10.9. The molecular weight excluding hydrogens is 244 g/mol. The van der Waals surface area contributed by atoms with Crippen LogP contribution in [-0.4, -0.2) is 49.6 Å². The molecule has 8 nitrogen and oxygen atoms in total. The van der Waals surface area contributed by atoms with Gasteiger partial charge in [0.05, 0.1) is 13.7 Å². The van der Waals surface area contributed by atoms with Gasteiger partial charge in [0, 0.05) is 6.54 Å². The Labute approximate surface area is 105 Å². The summed E-state index contributed by atoms with van der Waals surface area (Å²) in [6.45, 7) is 2.22. The Morgan fingerprint density at radius 2 is 1.94 bits per heavy atom. The average Bonchev–Trinajstić information content (AvgIpc) is 2.32. The van der Waals surface area contributed by atoms with Gasteiger partial charge in [0.2, 0.25) is 0 Å². The molecule has 18 heavy (non-hydrogen) atoms. The number of carboxylic acid groups (broad SMARTS) is 1. The highest BCUT2D eigenvalue weighted by Gasteiger charge is 2.19. The van der Waals surface area contributed by atoms with Gasteiger partial charge < -0.3 is 25.2 Å². The summed E-state index contributed by atoms with van der Waals surface area (Å²) in [5, 5.41) is 13.4. The van der Waals surface area contributed by atoms with E-state index in [2.05, 4.69) is 20.1 Å². The standard InChI is InChI=1S/C10H18N2O6/c1-3-18-9(15)11-6-4-5-7(8(13)14)12-10(16)17-2/h7H,3-6H2,1-2H3,(H,11,15)(H,12,16)(H,13,14)/t7-/m0/s1. The van der Waals surface area contributed by atoms with Crippen LogP contribution >= 0.6 is 0 Å². The molecule has 8 heteroatoms. The van der Waals surface area contributed by atoms with Crippen molar-refractivity contribution in [1.82, 2.24) is 10.6 Å². The highest BCUT2D eigenvalue weighted by atomic mass is 16.5. The zero-order valence-corrected chi connectivity index (χ0v) is 10.4. The number of ether oxygens (including phenoxy) is 2. The first-order chi connectivity index (χ1) is 8.51. The second kappa shape index (κ2) is 9.08. The van der Waals surface area contributed by atoms with E-state index in [1.807, 2.05) is 0 Å². The molecule has 0 fully saturated rings. The van der Waals surface area contributed by atoms with Crippen LogP contribution in [0.5, 0.6) is 0 Å². The van der Waals surface area contributed by atoms with Crippen LogP contribution in [0.4, 0.5) is 9.59 Å². The Balaban J connectivity index is 3.87. The molecular formula is C10H18N2O6. The first-order valence-electron chi connectivity index (χ1n) is 5.49. The number of rotatable bonds is 7. The molecule has 0 aromatic rings. The van der Waals surface area contributed by atoms with Crippen molar-refractivity contribution < 1.29 is 29.0 Å². The smallest absolute Gasteiger partial charge is 0.407 e. The molecule has 0 heterocycles. The Morgan fingerprint density at radius 3 is 2.44 bits per heavy atom. The number of hydrogen-bond acceptors (Lipinski definition) is 5. The molecule has 0 bridgehead atoms. The van der Waals surface area contributed by atoms with E-state index in [0.29, 0.717) is 6.42 Å². The fourth-order valence-corrected chi connectivity index (χ4v) is 1.14. The van der Waals surface area contributed by atoms with E-state index in [1.54, 1.807) is 6.92 Å². The number of amides is 2. The molecule has 0 saturated carbocycles. The molecule has 0 aliphatic rings. The number of carbonyl (C=O) groups excluding carboxylic acids is 2. The topological polar surface area (TPSA) is 114 Å². The van der Waals surface area contributed by atoms with E-state index in [1.165, 1.54) is 0 Å². The molecule has 0 aliphatic heterocycles. The summed E-state index contributed by atoms with van der Waals surface area (Å²) in [5.41, 5.74) is 0. The molecule has 0 radical (unpaired) electrons. The second-order valence-corrected chi connectivity index (χ2v) is 3.32. The summed E-state index contributed by atoms with van der Waals surface area (Å²) in [6.07, 6.45) is -0.789. The van der Waals surface area contributed by atoms with Crippen molar-refractivity contribution in [2.45, 2.75) is 25.8 Å². The summed E-state index contributed by atoms with van der Waals surface area (Å²) in [5.74, 6) is -1.16. The number of nitrogens with one attached hydrogen (secondary N) is 2. The number of alkyl carbamates (subject to hydrolysis) is 2. The van der Waals surface area contributed by atoms with Gasteiger partial charge in [-0.05, 0) is 19.8 Å². The lowest BCUT2D eigenvalue weighted by atomic mass is 10.1. The van der Waals surface area contributed by atoms with Crippen molar-refractivity contribution >= 4 is 18.2 Å². The molecule has 3 N–H and O–H groups in total. The number of carbonyl (C=O) groups is 3. The summed E-state index contributed by atoms with van der Waals surface area (Å²) in [4.78, 5) is 32.6. The van der Waals surface area contributed by atoms with Crippen LogP contribution in [-0.2, 0) is 14.3 Å². The molecule has 2 amide bonds. The molecule has 0 aliphatic carbocycles. The number of methoxy groups -OCH3 is 1. The molecule has 0 saturated heterocycles. The van der Waals surface area contributed by atoms with E-state index in [9.17, 15) is 14.4 Å². The van der Waals surface area contributed by atoms with Crippen molar-refractivity contribution in [3.05, 3.63) is 0 Å². The van der Waals surface area contributed by atoms with E-state index in [4.69, 9.17) is 5.11 Å². The van der Waals surface area contributed by atoms with Crippen molar-refractivity contribution in [3.8, 4) is 0 Å². The molecule has 0 rings (SSSR count). The van der Waals surface area contributed by atoms with E-state index in [-0.39, 0.29) is 19.6 Å². The molecule has 0 spiro atoms. The Bertz CT molecular complexity index is 294. The van der Waals surface area contributed by atoms with Crippen molar-refractivity contribution in [2.24, 2.45) is 0 Å². The summed E-state index contributed by atoms with van der Waals surface area (Å²) in [6, 6.07) is -1.04. The van der Waals surface area contributed by atoms with E-state index in [0.717, 1.165) is 7.11 Å². The first-order valence-corrected chi connectivity index (χ1v) is 5.49. The zero-order chi connectivity index (χ0) is 14.0. The van der Waals surface area contributed by atoms with E-state index < -0.39 is 24.2 Å². The predicted molar refractivity (Wildman–Crippen MR) is 61.2 cm³/mol. The van der Waals surface area contributed by atoms with Crippen LogP contribution in [0.15, 0.2) is 0 Å². The highest BCUT2D eigenvalue weighted by Crippen LogP contribution is 1.98. The Hall–Kier alpha value is -1.99. The molecule has 0 aromatic heterocycles. The van der Waals surface area contributed by atoms with Crippen LogP contribution < -0.4 is 10.6 Å². The van der Waals surface area contributed by atoms with Gasteiger partial charge in [-0.25, -0.2) is 14.4 Å². The summed E-state index contributed by atoms with van der Waals surface area (Å²) < 4.78 is 8.93. The molecule has 0 aromatic carbocycles. The summed E-state index contributed by atoms with van der Waals surface area (Å²) in [7, 11) is 1.15. The largest absolute Gasteiger partial charge is 0.480 e. The lowest BCUT2D eigenvalue weighted by Gasteiger charge is -2.13. The van der Waals surface area contributed by atoms with Crippen LogP contribution in [0.3, 0.4) is 0 Å². The predicted octanol–water partition coefficient (Wildman–Crippen LogP) is 0.322. The van der Waals surface area contributed by atoms with Gasteiger partial charge in [-0.15, -0.1) is 0 Å². The fraction of sp³-hybridized carbons (Fsp3) is 0.700. The monoisotopic (exact) mass is 262 g/mol.